The number of anilines is 1. The van der Waals surface area contributed by atoms with Crippen molar-refractivity contribution in [1.82, 2.24) is 15.1 Å². The number of nitrogens with zero attached hydrogens (tertiary/aromatic N) is 3. The van der Waals surface area contributed by atoms with Crippen molar-refractivity contribution in [3.63, 3.8) is 0 Å². The molecule has 2 amide bonds. The third kappa shape index (κ3) is 3.92. The zero-order valence-electron chi connectivity index (χ0n) is 20.9. The Kier molecular flexibility index (Phi) is 5.46. The van der Waals surface area contributed by atoms with Crippen LogP contribution in [0.5, 0.6) is 0 Å². The summed E-state index contributed by atoms with van der Waals surface area (Å²) in [6, 6.07) is 22.5. The van der Waals surface area contributed by atoms with Crippen LogP contribution in [0.25, 0.3) is 23.1 Å². The molecule has 7 nitrogen and oxygen atoms in total. The number of nitrogens with one attached hydrogen (secondary N) is 1. The van der Waals surface area contributed by atoms with E-state index in [1.807, 2.05) is 30.3 Å². The summed E-state index contributed by atoms with van der Waals surface area (Å²) < 4.78 is 0. The quantitative estimate of drug-likeness (QED) is 0.408. The van der Waals surface area contributed by atoms with Crippen LogP contribution in [0.15, 0.2) is 66.7 Å². The van der Waals surface area contributed by atoms with Gasteiger partial charge >= 0.3 is 0 Å². The maximum absolute atomic E-state index is 13.5. The second-order valence-corrected chi connectivity index (χ2v) is 10.3. The lowest BCUT2D eigenvalue weighted by Gasteiger charge is -2.16. The van der Waals surface area contributed by atoms with Crippen LogP contribution in [0.2, 0.25) is 0 Å². The van der Waals surface area contributed by atoms with Crippen LogP contribution in [0.4, 0.5) is 5.69 Å². The van der Waals surface area contributed by atoms with Gasteiger partial charge in [0.15, 0.2) is 0 Å². The fourth-order valence-electron chi connectivity index (χ4n) is 5.74. The van der Waals surface area contributed by atoms with E-state index in [1.54, 1.807) is 4.90 Å². The number of hydrogen-bond acceptors (Lipinski definition) is 4. The lowest BCUT2D eigenvalue weighted by Crippen LogP contribution is -2.39. The van der Waals surface area contributed by atoms with Crippen LogP contribution in [-0.2, 0) is 21.5 Å². The Morgan fingerprint density at radius 2 is 1.92 bits per heavy atom. The molecule has 0 radical (unpaired) electrons. The van der Waals surface area contributed by atoms with E-state index in [0.29, 0.717) is 6.42 Å². The number of hydrogen-bond donors (Lipinski definition) is 2. The van der Waals surface area contributed by atoms with Gasteiger partial charge < -0.3 is 15.5 Å². The second-order valence-electron chi connectivity index (χ2n) is 10.3. The number of fused-ring (bicyclic) bond motifs is 3. The van der Waals surface area contributed by atoms with Gasteiger partial charge in [-0.2, -0.15) is 5.10 Å². The van der Waals surface area contributed by atoms with Gasteiger partial charge in [0, 0.05) is 23.5 Å². The summed E-state index contributed by atoms with van der Waals surface area (Å²) in [5.41, 5.74) is 11.9. The fourth-order valence-corrected chi connectivity index (χ4v) is 5.74. The summed E-state index contributed by atoms with van der Waals surface area (Å²) in [7, 11) is 4.13. The van der Waals surface area contributed by atoms with Crippen LogP contribution in [0.3, 0.4) is 0 Å². The topological polar surface area (TPSA) is 95.3 Å². The van der Waals surface area contributed by atoms with E-state index in [-0.39, 0.29) is 18.4 Å². The molecule has 1 spiro atoms. The van der Waals surface area contributed by atoms with E-state index < -0.39 is 11.3 Å². The van der Waals surface area contributed by atoms with Gasteiger partial charge in [0.25, 0.3) is 0 Å². The van der Waals surface area contributed by atoms with Gasteiger partial charge in [0.05, 0.1) is 16.6 Å². The molecule has 4 aromatic rings. The van der Waals surface area contributed by atoms with Gasteiger partial charge in [-0.25, -0.2) is 0 Å². The van der Waals surface area contributed by atoms with Crippen LogP contribution in [0.1, 0.15) is 40.3 Å². The molecule has 2 heterocycles. The van der Waals surface area contributed by atoms with Crippen molar-refractivity contribution in [2.45, 2.75) is 24.3 Å². The number of carbonyl (C=O) groups is 2. The van der Waals surface area contributed by atoms with Crippen molar-refractivity contribution in [2.75, 3.05) is 25.5 Å². The standard InChI is InChI=1S/C30H29N5O2/c1-34(2)17-20-9-7-19(8-10-20)11-14-25-22-13-12-21(15-26(22)33-32-25)24-16-30(24)23-5-3-4-6-27(23)35(29(30)37)18-28(31)36/h3-15,24H,16-18H2,1-2H3,(H2,31,36)(H,32,33)/b14-11+. The zero-order valence-corrected chi connectivity index (χ0v) is 20.9. The van der Waals surface area contributed by atoms with E-state index in [9.17, 15) is 9.59 Å². The van der Waals surface area contributed by atoms with E-state index >= 15 is 0 Å². The van der Waals surface area contributed by atoms with E-state index in [1.165, 1.54) is 5.56 Å². The molecular weight excluding hydrogens is 462 g/mol. The van der Waals surface area contributed by atoms with Gasteiger partial charge in [0.2, 0.25) is 11.8 Å². The SMILES string of the molecule is CN(C)Cc1ccc(/C=C/c2n[nH]c3cc(C4CC45C(=O)N(CC(N)=O)c4ccccc45)ccc23)cc1. The van der Waals surface area contributed by atoms with Crippen molar-refractivity contribution in [2.24, 2.45) is 5.73 Å². The van der Waals surface area contributed by atoms with Crippen molar-refractivity contribution in [1.29, 1.82) is 0 Å². The molecular formula is C30H29N5O2. The third-order valence-corrected chi connectivity index (χ3v) is 7.51. The first kappa shape index (κ1) is 23.2. The number of amides is 2. The van der Waals surface area contributed by atoms with Crippen molar-refractivity contribution < 1.29 is 9.59 Å². The highest BCUT2D eigenvalue weighted by Crippen LogP contribution is 2.66. The Morgan fingerprint density at radius 1 is 1.14 bits per heavy atom. The third-order valence-electron chi connectivity index (χ3n) is 7.51. The Morgan fingerprint density at radius 3 is 2.68 bits per heavy atom. The molecule has 7 heteroatoms. The fraction of sp³-hybridized carbons (Fsp3) is 0.233. The molecule has 1 saturated carbocycles. The molecule has 3 N–H and O–H groups in total. The van der Waals surface area contributed by atoms with Gasteiger partial charge in [-0.05, 0) is 61.0 Å². The molecule has 0 bridgehead atoms. The monoisotopic (exact) mass is 491 g/mol. The van der Waals surface area contributed by atoms with Crippen molar-refractivity contribution in [3.8, 4) is 0 Å². The van der Waals surface area contributed by atoms with Crippen LogP contribution >= 0.6 is 0 Å². The molecule has 1 fully saturated rings. The highest BCUT2D eigenvalue weighted by molar-refractivity contribution is 6.13. The van der Waals surface area contributed by atoms with E-state index in [4.69, 9.17) is 5.73 Å². The van der Waals surface area contributed by atoms with Gasteiger partial charge in [-0.1, -0.05) is 60.7 Å². The van der Waals surface area contributed by atoms with Crippen molar-refractivity contribution in [3.05, 3.63) is 94.7 Å². The molecule has 0 saturated heterocycles. The molecule has 2 unspecified atom stereocenters. The highest BCUT2D eigenvalue weighted by atomic mass is 16.2. The Bertz CT molecular complexity index is 1550. The number of para-hydroxylation sites is 1. The predicted octanol–water partition coefficient (Wildman–Crippen LogP) is 4.05. The predicted molar refractivity (Wildman–Crippen MR) is 146 cm³/mol. The minimum absolute atomic E-state index is 0.0394. The summed E-state index contributed by atoms with van der Waals surface area (Å²) in [5.74, 6) is -0.504. The number of aromatic nitrogens is 2. The summed E-state index contributed by atoms with van der Waals surface area (Å²) in [6.07, 6.45) is 4.81. The molecule has 3 aromatic carbocycles. The van der Waals surface area contributed by atoms with Gasteiger partial charge in [0.1, 0.15) is 6.54 Å². The average molecular weight is 492 g/mol. The maximum atomic E-state index is 13.5. The van der Waals surface area contributed by atoms with Crippen LogP contribution < -0.4 is 10.6 Å². The molecule has 6 rings (SSSR count). The number of rotatable bonds is 7. The Hall–Kier alpha value is -4.23. The Balaban J connectivity index is 1.25. The number of H-pyrrole nitrogens is 1. The molecule has 2 aliphatic rings. The van der Waals surface area contributed by atoms with Gasteiger partial charge in [-0.15, -0.1) is 0 Å². The number of benzene rings is 3. The lowest BCUT2D eigenvalue weighted by atomic mass is 9.92. The Labute approximate surface area is 215 Å². The zero-order chi connectivity index (χ0) is 25.7. The highest BCUT2D eigenvalue weighted by Gasteiger charge is 2.67. The molecule has 1 aliphatic carbocycles. The number of primary amides is 1. The minimum Gasteiger partial charge on any atom is -0.368 e. The first-order valence-corrected chi connectivity index (χ1v) is 12.5. The summed E-state index contributed by atoms with van der Waals surface area (Å²) in [6.45, 7) is 0.816. The van der Waals surface area contributed by atoms with E-state index in [0.717, 1.165) is 45.5 Å². The number of nitrogens with two attached hydrogens (primary N) is 1. The van der Waals surface area contributed by atoms with Crippen molar-refractivity contribution >= 4 is 40.6 Å². The first-order chi connectivity index (χ1) is 17.9. The average Bonchev–Trinajstić information content (AvgIpc) is 3.45. The lowest BCUT2D eigenvalue weighted by molar-refractivity contribution is -0.123. The number of carbonyl (C=O) groups excluding carboxylic acids is 2. The van der Waals surface area contributed by atoms with Gasteiger partial charge in [-0.3, -0.25) is 14.7 Å². The largest absolute Gasteiger partial charge is 0.368 e. The maximum Gasteiger partial charge on any atom is 0.238 e. The minimum atomic E-state index is -0.624. The molecule has 1 aromatic heterocycles. The summed E-state index contributed by atoms with van der Waals surface area (Å²) in [5, 5.41) is 8.72. The smallest absolute Gasteiger partial charge is 0.238 e. The van der Waals surface area contributed by atoms with E-state index in [2.05, 4.69) is 77.7 Å². The summed E-state index contributed by atoms with van der Waals surface area (Å²) >= 11 is 0. The second kappa shape index (κ2) is 8.71. The molecule has 2 atom stereocenters. The normalized spacial score (nSPS) is 20.5. The molecule has 37 heavy (non-hydrogen) atoms. The summed E-state index contributed by atoms with van der Waals surface area (Å²) in [4.78, 5) is 28.9. The molecule has 1 aliphatic heterocycles. The molecule has 186 valence electrons. The number of aromatic amines is 1. The van der Waals surface area contributed by atoms with Crippen LogP contribution in [-0.4, -0.2) is 47.6 Å². The first-order valence-electron chi connectivity index (χ1n) is 12.5. The van der Waals surface area contributed by atoms with Crippen LogP contribution in [0, 0.1) is 0 Å².